The van der Waals surface area contributed by atoms with Crippen LogP contribution in [0.1, 0.15) is 18.5 Å². The van der Waals surface area contributed by atoms with Crippen molar-refractivity contribution in [3.05, 3.63) is 54.5 Å². The SMILES string of the molecule is O=C(O)C(F)(F)F.O=C(O)C(F)(F)F.O=C(O)C(F)(F)F.c1ccc(CN2CC[C@]3(C[C@H](Oc4ccccn4)CO3)C2)nc1. The molecule has 20 heteroatoms. The molecule has 2 atom stereocenters. The zero-order valence-electron chi connectivity index (χ0n) is 22.1. The molecule has 0 aliphatic carbocycles. The van der Waals surface area contributed by atoms with Gasteiger partial charge in [0.25, 0.3) is 0 Å². The van der Waals surface area contributed by atoms with E-state index in [-0.39, 0.29) is 11.7 Å². The summed E-state index contributed by atoms with van der Waals surface area (Å²) >= 11 is 0. The molecule has 0 radical (unpaired) electrons. The summed E-state index contributed by atoms with van der Waals surface area (Å²) in [5.41, 5.74) is 1.05. The van der Waals surface area contributed by atoms with Gasteiger partial charge in [0.05, 0.1) is 17.9 Å². The number of likely N-dealkylation sites (tertiary alicyclic amines) is 1. The van der Waals surface area contributed by atoms with Gasteiger partial charge in [0.15, 0.2) is 0 Å². The van der Waals surface area contributed by atoms with Gasteiger partial charge in [0, 0.05) is 44.5 Å². The molecule has 11 nitrogen and oxygen atoms in total. The molecule has 4 heterocycles. The van der Waals surface area contributed by atoms with Crippen molar-refractivity contribution < 1.29 is 78.7 Å². The van der Waals surface area contributed by atoms with Crippen molar-refractivity contribution in [2.75, 3.05) is 19.7 Å². The first-order valence-electron chi connectivity index (χ1n) is 11.9. The first-order chi connectivity index (χ1) is 20.1. The number of carboxylic acids is 3. The van der Waals surface area contributed by atoms with E-state index in [9.17, 15) is 39.5 Å². The molecular formula is C24H24F9N3O8. The number of aliphatic carboxylic acids is 3. The number of halogens is 9. The fourth-order valence-corrected chi connectivity index (χ4v) is 3.53. The number of rotatable bonds is 4. The third-order valence-electron chi connectivity index (χ3n) is 5.33. The topological polar surface area (TPSA) is 159 Å². The summed E-state index contributed by atoms with van der Waals surface area (Å²) < 4.78 is 107. The van der Waals surface area contributed by atoms with E-state index >= 15 is 0 Å². The monoisotopic (exact) mass is 653 g/mol. The smallest absolute Gasteiger partial charge is 0.475 e. The fraction of sp³-hybridized carbons (Fsp3) is 0.458. The summed E-state index contributed by atoms with van der Waals surface area (Å²) in [6.45, 7) is 3.53. The van der Waals surface area contributed by atoms with Crippen molar-refractivity contribution in [3.8, 4) is 5.88 Å². The van der Waals surface area contributed by atoms with E-state index in [1.165, 1.54) is 0 Å². The number of alkyl halides is 9. The molecule has 4 rings (SSSR count). The zero-order chi connectivity index (χ0) is 33.8. The predicted octanol–water partition coefficient (Wildman–Crippen LogP) is 4.19. The van der Waals surface area contributed by atoms with Crippen LogP contribution in [0, 0.1) is 0 Å². The van der Waals surface area contributed by atoms with Crippen LogP contribution in [0.15, 0.2) is 48.8 Å². The number of hydrogen-bond acceptors (Lipinski definition) is 8. The second-order valence-electron chi connectivity index (χ2n) is 8.80. The maximum Gasteiger partial charge on any atom is 0.490 e. The molecule has 0 saturated carbocycles. The molecule has 0 unspecified atom stereocenters. The average molecular weight is 653 g/mol. The first-order valence-corrected chi connectivity index (χ1v) is 11.9. The van der Waals surface area contributed by atoms with Gasteiger partial charge >= 0.3 is 36.4 Å². The highest BCUT2D eigenvalue weighted by molar-refractivity contribution is 5.73. The Labute approximate surface area is 241 Å². The zero-order valence-corrected chi connectivity index (χ0v) is 22.1. The van der Waals surface area contributed by atoms with Crippen LogP contribution >= 0.6 is 0 Å². The Balaban J connectivity index is 0.000000379. The van der Waals surface area contributed by atoms with Gasteiger partial charge in [-0.05, 0) is 24.6 Å². The Morgan fingerprint density at radius 2 is 1.32 bits per heavy atom. The van der Waals surface area contributed by atoms with Crippen molar-refractivity contribution in [1.29, 1.82) is 0 Å². The molecule has 3 N–H and O–H groups in total. The maximum absolute atomic E-state index is 10.6. The molecule has 0 amide bonds. The van der Waals surface area contributed by atoms with Gasteiger partial charge in [-0.1, -0.05) is 12.1 Å². The third-order valence-corrected chi connectivity index (χ3v) is 5.33. The number of aromatic nitrogens is 2. The molecule has 1 spiro atoms. The quantitative estimate of drug-likeness (QED) is 0.406. The highest BCUT2D eigenvalue weighted by Crippen LogP contribution is 2.36. The molecule has 2 aromatic rings. The molecule has 2 fully saturated rings. The number of ether oxygens (including phenoxy) is 2. The average Bonchev–Trinajstić information content (AvgIpc) is 3.49. The van der Waals surface area contributed by atoms with Crippen molar-refractivity contribution in [3.63, 3.8) is 0 Å². The Kier molecular flexibility index (Phi) is 13.8. The van der Waals surface area contributed by atoms with Crippen LogP contribution in [0.3, 0.4) is 0 Å². The Hall–Kier alpha value is -4.20. The molecule has 2 aliphatic rings. The second-order valence-corrected chi connectivity index (χ2v) is 8.80. The van der Waals surface area contributed by atoms with Crippen molar-refractivity contribution >= 4 is 17.9 Å². The van der Waals surface area contributed by atoms with Gasteiger partial charge in [-0.25, -0.2) is 19.4 Å². The normalized spacial score (nSPS) is 19.8. The van der Waals surface area contributed by atoms with Gasteiger partial charge in [-0.2, -0.15) is 39.5 Å². The first kappa shape index (κ1) is 37.8. The minimum Gasteiger partial charge on any atom is -0.475 e. The number of carbonyl (C=O) groups is 3. The molecule has 2 aromatic heterocycles. The van der Waals surface area contributed by atoms with Crippen LogP contribution in [0.5, 0.6) is 5.88 Å². The Bertz CT molecular complexity index is 1080. The number of carboxylic acid groups (broad SMARTS) is 3. The van der Waals surface area contributed by atoms with Crippen LogP contribution in [0.2, 0.25) is 0 Å². The lowest BCUT2D eigenvalue weighted by atomic mass is 9.98. The summed E-state index contributed by atoms with van der Waals surface area (Å²) in [6, 6.07) is 11.8. The lowest BCUT2D eigenvalue weighted by Crippen LogP contribution is -2.33. The Morgan fingerprint density at radius 3 is 1.73 bits per heavy atom. The minimum absolute atomic E-state index is 0.0613. The van der Waals surface area contributed by atoms with E-state index in [1.807, 2.05) is 36.5 Å². The Morgan fingerprint density at radius 1 is 0.841 bits per heavy atom. The molecular weight excluding hydrogens is 629 g/mol. The van der Waals surface area contributed by atoms with Crippen LogP contribution in [0.25, 0.3) is 0 Å². The standard InChI is InChI=1S/C18H21N3O2.3C2HF3O2/c1-3-8-19-15(5-1)12-21-10-7-18(14-21)11-16(13-22-18)23-17-6-2-4-9-20-17;3*3-2(4,5)1(6)7/h1-6,8-9,16H,7,10-14H2;3*(H,6,7)/t16-,18-;;;/m0.../s1. The molecule has 246 valence electrons. The summed E-state index contributed by atoms with van der Waals surface area (Å²) in [4.78, 5) is 37.8. The van der Waals surface area contributed by atoms with E-state index < -0.39 is 36.4 Å². The van der Waals surface area contributed by atoms with E-state index in [0.717, 1.165) is 38.2 Å². The minimum atomic E-state index is -5.08. The van der Waals surface area contributed by atoms with Crippen LogP contribution in [0.4, 0.5) is 39.5 Å². The largest absolute Gasteiger partial charge is 0.490 e. The van der Waals surface area contributed by atoms with Crippen LogP contribution in [-0.4, -0.2) is 98.0 Å². The van der Waals surface area contributed by atoms with Crippen molar-refractivity contribution in [1.82, 2.24) is 14.9 Å². The molecule has 0 aromatic carbocycles. The number of pyridine rings is 2. The van der Waals surface area contributed by atoms with Crippen LogP contribution in [-0.2, 0) is 25.7 Å². The maximum atomic E-state index is 10.6. The summed E-state index contributed by atoms with van der Waals surface area (Å²) in [5.74, 6) is -7.59. The molecule has 0 bridgehead atoms. The van der Waals surface area contributed by atoms with Crippen molar-refractivity contribution in [2.45, 2.75) is 49.6 Å². The molecule has 2 saturated heterocycles. The van der Waals surface area contributed by atoms with E-state index in [0.29, 0.717) is 12.5 Å². The summed E-state index contributed by atoms with van der Waals surface area (Å²) in [6.07, 6.45) is -9.56. The highest BCUT2D eigenvalue weighted by Gasteiger charge is 2.46. The lowest BCUT2D eigenvalue weighted by molar-refractivity contribution is -0.193. The highest BCUT2D eigenvalue weighted by atomic mass is 19.4. The van der Waals surface area contributed by atoms with Gasteiger partial charge < -0.3 is 24.8 Å². The van der Waals surface area contributed by atoms with E-state index in [1.54, 1.807) is 6.20 Å². The van der Waals surface area contributed by atoms with E-state index in [4.69, 9.17) is 39.2 Å². The van der Waals surface area contributed by atoms with Gasteiger partial charge in [0.2, 0.25) is 5.88 Å². The third kappa shape index (κ3) is 14.3. The van der Waals surface area contributed by atoms with Gasteiger partial charge in [0.1, 0.15) is 6.10 Å². The summed E-state index contributed by atoms with van der Waals surface area (Å²) in [5, 5.41) is 21.4. The van der Waals surface area contributed by atoms with E-state index in [2.05, 4.69) is 20.9 Å². The number of nitrogens with zero attached hydrogens (tertiary/aromatic N) is 3. The van der Waals surface area contributed by atoms with Gasteiger partial charge in [-0.3, -0.25) is 9.88 Å². The number of hydrogen-bond donors (Lipinski definition) is 3. The van der Waals surface area contributed by atoms with Crippen molar-refractivity contribution in [2.24, 2.45) is 0 Å². The van der Waals surface area contributed by atoms with Crippen LogP contribution < -0.4 is 4.74 Å². The molecule has 44 heavy (non-hydrogen) atoms. The second kappa shape index (κ2) is 16.0. The lowest BCUT2D eigenvalue weighted by Gasteiger charge is -2.23. The predicted molar refractivity (Wildman–Crippen MR) is 127 cm³/mol. The fourth-order valence-electron chi connectivity index (χ4n) is 3.53. The molecule has 2 aliphatic heterocycles. The summed E-state index contributed by atoms with van der Waals surface area (Å²) in [7, 11) is 0. The van der Waals surface area contributed by atoms with Gasteiger partial charge in [-0.15, -0.1) is 0 Å².